The fraction of sp³-hybridized carbons (Fsp3) is 0.368. The van der Waals surface area contributed by atoms with Crippen LogP contribution in [0.25, 0.3) is 0 Å². The van der Waals surface area contributed by atoms with Gasteiger partial charge in [0.15, 0.2) is 0 Å². The molecule has 1 N–H and O–H groups in total. The number of likely N-dealkylation sites (tertiary alicyclic amines) is 1. The number of benzene rings is 2. The molecule has 3 rings (SSSR count). The van der Waals surface area contributed by atoms with Crippen LogP contribution in [0.4, 0.5) is 13.2 Å². The van der Waals surface area contributed by atoms with E-state index in [1.807, 2.05) is 30.3 Å². The molecule has 1 heterocycles. The minimum absolute atomic E-state index is 0.0216. The molecule has 1 saturated heterocycles. The van der Waals surface area contributed by atoms with Gasteiger partial charge in [-0.2, -0.15) is 13.2 Å². The molecule has 0 spiro atoms. The van der Waals surface area contributed by atoms with Crippen LogP contribution in [0.3, 0.4) is 0 Å². The van der Waals surface area contributed by atoms with E-state index in [2.05, 4.69) is 4.90 Å². The monoisotopic (exact) mass is 335 g/mol. The van der Waals surface area contributed by atoms with Crippen molar-refractivity contribution in [3.63, 3.8) is 0 Å². The Morgan fingerprint density at radius 2 is 1.75 bits per heavy atom. The van der Waals surface area contributed by atoms with E-state index >= 15 is 0 Å². The molecular formula is C19H20F3NO. The lowest BCUT2D eigenvalue weighted by molar-refractivity contribution is -0.137. The van der Waals surface area contributed by atoms with Crippen LogP contribution >= 0.6 is 0 Å². The molecular weight excluding hydrogens is 315 g/mol. The molecule has 0 aromatic heterocycles. The van der Waals surface area contributed by atoms with Crippen molar-refractivity contribution in [1.29, 1.82) is 0 Å². The van der Waals surface area contributed by atoms with Crippen molar-refractivity contribution < 1.29 is 18.3 Å². The van der Waals surface area contributed by atoms with Crippen LogP contribution in [0.15, 0.2) is 54.6 Å². The normalized spacial score (nSPS) is 22.0. The second-order valence-electron chi connectivity index (χ2n) is 6.35. The summed E-state index contributed by atoms with van der Waals surface area (Å²) in [6.07, 6.45) is -4.34. The molecule has 0 bridgehead atoms. The van der Waals surface area contributed by atoms with Gasteiger partial charge in [-0.25, -0.2) is 0 Å². The van der Waals surface area contributed by atoms with E-state index in [-0.39, 0.29) is 18.4 Å². The van der Waals surface area contributed by atoms with Crippen LogP contribution in [0.5, 0.6) is 0 Å². The van der Waals surface area contributed by atoms with Crippen molar-refractivity contribution in [3.05, 3.63) is 71.3 Å². The van der Waals surface area contributed by atoms with E-state index in [1.165, 1.54) is 17.7 Å². The van der Waals surface area contributed by atoms with Crippen molar-refractivity contribution in [2.24, 2.45) is 5.92 Å². The van der Waals surface area contributed by atoms with Gasteiger partial charge in [0.25, 0.3) is 0 Å². The van der Waals surface area contributed by atoms with Crippen LogP contribution in [0, 0.1) is 5.92 Å². The average molecular weight is 335 g/mol. The second-order valence-corrected chi connectivity index (χ2v) is 6.35. The fourth-order valence-corrected chi connectivity index (χ4v) is 3.44. The largest absolute Gasteiger partial charge is 0.416 e. The molecule has 1 fully saturated rings. The van der Waals surface area contributed by atoms with Crippen molar-refractivity contribution in [2.75, 3.05) is 19.7 Å². The van der Waals surface area contributed by atoms with E-state index < -0.39 is 11.7 Å². The highest BCUT2D eigenvalue weighted by molar-refractivity contribution is 5.30. The number of alkyl halides is 3. The van der Waals surface area contributed by atoms with Gasteiger partial charge in [-0.05, 0) is 17.2 Å². The third-order valence-electron chi connectivity index (χ3n) is 4.64. The highest BCUT2D eigenvalue weighted by Crippen LogP contribution is 2.36. The Bertz CT molecular complexity index is 672. The van der Waals surface area contributed by atoms with Gasteiger partial charge in [-0.3, -0.25) is 4.90 Å². The Hall–Kier alpha value is -1.85. The summed E-state index contributed by atoms with van der Waals surface area (Å²) in [5.41, 5.74) is 1.19. The van der Waals surface area contributed by atoms with E-state index in [1.54, 1.807) is 6.07 Å². The number of rotatable bonds is 4. The van der Waals surface area contributed by atoms with Crippen molar-refractivity contribution in [3.8, 4) is 0 Å². The summed E-state index contributed by atoms with van der Waals surface area (Å²) in [5.74, 6) is -0.127. The molecule has 2 nitrogen and oxygen atoms in total. The smallest absolute Gasteiger partial charge is 0.396 e. The highest BCUT2D eigenvalue weighted by Gasteiger charge is 2.35. The number of nitrogens with zero attached hydrogens (tertiary/aromatic N) is 1. The molecule has 0 unspecified atom stereocenters. The van der Waals surface area contributed by atoms with Crippen LogP contribution in [0.2, 0.25) is 0 Å². The molecule has 24 heavy (non-hydrogen) atoms. The highest BCUT2D eigenvalue weighted by atomic mass is 19.4. The third-order valence-corrected chi connectivity index (χ3v) is 4.64. The summed E-state index contributed by atoms with van der Waals surface area (Å²) in [6.45, 7) is 2.06. The Balaban J connectivity index is 1.78. The fourth-order valence-electron chi connectivity index (χ4n) is 3.44. The van der Waals surface area contributed by atoms with E-state index in [4.69, 9.17) is 0 Å². The maximum Gasteiger partial charge on any atom is 0.416 e. The zero-order chi connectivity index (χ0) is 17.2. The first-order chi connectivity index (χ1) is 11.5. The standard InChI is InChI=1S/C19H20F3NO/c20-19(21,22)17-8-4-7-15(9-17)18-12-23(11-16(18)13-24)10-14-5-2-1-3-6-14/h1-9,16,18,24H,10-13H2/t16-,18-/m1/s1. The van der Waals surface area contributed by atoms with Gasteiger partial charge in [0.2, 0.25) is 0 Å². The van der Waals surface area contributed by atoms with Gasteiger partial charge in [0, 0.05) is 38.1 Å². The molecule has 5 heteroatoms. The van der Waals surface area contributed by atoms with Crippen molar-refractivity contribution >= 4 is 0 Å². The second kappa shape index (κ2) is 6.95. The van der Waals surface area contributed by atoms with Gasteiger partial charge >= 0.3 is 6.18 Å². The van der Waals surface area contributed by atoms with Crippen molar-refractivity contribution in [2.45, 2.75) is 18.6 Å². The first kappa shape index (κ1) is 17.0. The zero-order valence-corrected chi connectivity index (χ0v) is 13.2. The molecule has 1 aliphatic rings. The lowest BCUT2D eigenvalue weighted by atomic mass is 9.88. The first-order valence-electron chi connectivity index (χ1n) is 8.01. The minimum Gasteiger partial charge on any atom is -0.396 e. The molecule has 2 atom stereocenters. The maximum atomic E-state index is 12.9. The van der Waals surface area contributed by atoms with Gasteiger partial charge in [0.1, 0.15) is 0 Å². The number of halogens is 3. The summed E-state index contributed by atoms with van der Waals surface area (Å²) in [5, 5.41) is 9.66. The molecule has 1 aliphatic heterocycles. The topological polar surface area (TPSA) is 23.5 Å². The van der Waals surface area contributed by atoms with Crippen LogP contribution in [-0.4, -0.2) is 29.7 Å². The summed E-state index contributed by atoms with van der Waals surface area (Å²) >= 11 is 0. The van der Waals surface area contributed by atoms with E-state index in [0.717, 1.165) is 12.6 Å². The minimum atomic E-state index is -4.34. The SMILES string of the molecule is OC[C@H]1CN(Cc2ccccc2)C[C@@H]1c1cccc(C(F)(F)F)c1. The van der Waals surface area contributed by atoms with E-state index in [9.17, 15) is 18.3 Å². The molecule has 0 amide bonds. The number of aliphatic hydroxyl groups is 1. The van der Waals surface area contributed by atoms with Gasteiger partial charge in [-0.1, -0.05) is 48.5 Å². The van der Waals surface area contributed by atoms with Gasteiger partial charge in [-0.15, -0.1) is 0 Å². The first-order valence-corrected chi connectivity index (χ1v) is 8.01. The third kappa shape index (κ3) is 3.79. The lowest BCUT2D eigenvalue weighted by Gasteiger charge is -2.18. The van der Waals surface area contributed by atoms with Crippen LogP contribution in [0.1, 0.15) is 22.6 Å². The summed E-state index contributed by atoms with van der Waals surface area (Å²) in [7, 11) is 0. The summed E-state index contributed by atoms with van der Waals surface area (Å²) in [6, 6.07) is 15.5. The molecule has 0 radical (unpaired) electrons. The molecule has 0 saturated carbocycles. The van der Waals surface area contributed by atoms with Crippen LogP contribution in [-0.2, 0) is 12.7 Å². The Kier molecular flexibility index (Phi) is 4.92. The van der Waals surface area contributed by atoms with Crippen molar-refractivity contribution in [1.82, 2.24) is 4.90 Å². The quantitative estimate of drug-likeness (QED) is 0.916. The lowest BCUT2D eigenvalue weighted by Crippen LogP contribution is -2.20. The zero-order valence-electron chi connectivity index (χ0n) is 13.2. The summed E-state index contributed by atoms with van der Waals surface area (Å²) < 4.78 is 38.8. The Morgan fingerprint density at radius 1 is 1.00 bits per heavy atom. The number of aliphatic hydroxyl groups excluding tert-OH is 1. The molecule has 128 valence electrons. The average Bonchev–Trinajstić information content (AvgIpc) is 2.98. The Labute approximate surface area is 139 Å². The predicted octanol–water partition coefficient (Wildman–Crippen LogP) is 3.91. The molecule has 2 aromatic carbocycles. The number of hydrogen-bond donors (Lipinski definition) is 1. The summed E-state index contributed by atoms with van der Waals surface area (Å²) in [4.78, 5) is 2.20. The van der Waals surface area contributed by atoms with E-state index in [0.29, 0.717) is 18.7 Å². The maximum absolute atomic E-state index is 12.9. The number of hydrogen-bond acceptors (Lipinski definition) is 2. The molecule has 2 aromatic rings. The van der Waals surface area contributed by atoms with Gasteiger partial charge < -0.3 is 5.11 Å². The molecule has 0 aliphatic carbocycles. The van der Waals surface area contributed by atoms with Crippen LogP contribution < -0.4 is 0 Å². The predicted molar refractivity (Wildman–Crippen MR) is 86.5 cm³/mol. The van der Waals surface area contributed by atoms with Gasteiger partial charge in [0.05, 0.1) is 5.56 Å². The Morgan fingerprint density at radius 3 is 2.42 bits per heavy atom.